The fourth-order valence-corrected chi connectivity index (χ4v) is 4.13. The molecule has 0 aliphatic carbocycles. The van der Waals surface area contributed by atoms with Crippen molar-refractivity contribution < 1.29 is 9.53 Å². The van der Waals surface area contributed by atoms with Gasteiger partial charge in [0, 0.05) is 10.9 Å². The maximum absolute atomic E-state index is 13.2. The van der Waals surface area contributed by atoms with Gasteiger partial charge in [0.2, 0.25) is 0 Å². The first-order valence-electron chi connectivity index (χ1n) is 9.24. The van der Waals surface area contributed by atoms with Gasteiger partial charge in [0.05, 0.1) is 18.3 Å². The second kappa shape index (κ2) is 7.56. The predicted molar refractivity (Wildman–Crippen MR) is 113 cm³/mol. The second-order valence-corrected chi connectivity index (χ2v) is 7.55. The summed E-state index contributed by atoms with van der Waals surface area (Å²) in [7, 11) is 0. The Kier molecular flexibility index (Phi) is 4.96. The van der Waals surface area contributed by atoms with Gasteiger partial charge in [-0.2, -0.15) is 0 Å². The van der Waals surface area contributed by atoms with Gasteiger partial charge in [-0.05, 0) is 35.7 Å². The zero-order chi connectivity index (χ0) is 19.7. The molecule has 1 unspecified atom stereocenters. The van der Waals surface area contributed by atoms with Crippen molar-refractivity contribution in [3.05, 3.63) is 64.5 Å². The largest absolute Gasteiger partial charge is 0.464 e. The molecule has 0 spiro atoms. The van der Waals surface area contributed by atoms with Crippen LogP contribution in [0.2, 0.25) is 0 Å². The summed E-state index contributed by atoms with van der Waals surface area (Å²) >= 11 is 1.43. The molecule has 0 bridgehead atoms. The fourth-order valence-electron chi connectivity index (χ4n) is 3.23. The molecule has 0 amide bonds. The van der Waals surface area contributed by atoms with Gasteiger partial charge in [0.25, 0.3) is 5.56 Å². The van der Waals surface area contributed by atoms with Crippen LogP contribution in [0.5, 0.6) is 0 Å². The van der Waals surface area contributed by atoms with E-state index in [1.807, 2.05) is 36.6 Å². The Hall–Kier alpha value is -2.99. The van der Waals surface area contributed by atoms with Gasteiger partial charge in [-0.15, -0.1) is 11.3 Å². The molecule has 4 aromatic rings. The minimum absolute atomic E-state index is 0.227. The van der Waals surface area contributed by atoms with Crippen LogP contribution in [0.4, 0.5) is 0 Å². The van der Waals surface area contributed by atoms with Crippen molar-refractivity contribution in [1.82, 2.24) is 9.55 Å². The third-order valence-corrected chi connectivity index (χ3v) is 5.67. The molecule has 0 radical (unpaired) electrons. The van der Waals surface area contributed by atoms with E-state index in [0.29, 0.717) is 16.8 Å². The average molecular weight is 392 g/mol. The molecule has 142 valence electrons. The van der Waals surface area contributed by atoms with Crippen LogP contribution in [-0.4, -0.2) is 22.1 Å². The van der Waals surface area contributed by atoms with E-state index in [9.17, 15) is 9.59 Å². The Bertz CT molecular complexity index is 1230. The maximum atomic E-state index is 13.2. The van der Waals surface area contributed by atoms with Crippen LogP contribution in [0, 0.1) is 0 Å². The lowest BCUT2D eigenvalue weighted by atomic mass is 10.0. The smallest absolute Gasteiger partial charge is 0.328 e. The maximum Gasteiger partial charge on any atom is 0.328 e. The molecule has 0 saturated carbocycles. The molecule has 6 heteroatoms. The predicted octanol–water partition coefficient (Wildman–Crippen LogP) is 4.79. The molecule has 2 aromatic heterocycles. The summed E-state index contributed by atoms with van der Waals surface area (Å²) in [6.07, 6.45) is 2.17. The number of fused-ring (bicyclic) bond motifs is 2. The lowest BCUT2D eigenvalue weighted by molar-refractivity contribution is -0.147. The second-order valence-electron chi connectivity index (χ2n) is 6.69. The summed E-state index contributed by atoms with van der Waals surface area (Å²) in [4.78, 5) is 30.5. The van der Waals surface area contributed by atoms with E-state index < -0.39 is 12.0 Å². The number of benzene rings is 2. The first-order chi connectivity index (χ1) is 13.6. The summed E-state index contributed by atoms with van der Waals surface area (Å²) in [5.41, 5.74) is 1.57. The Morgan fingerprint density at radius 3 is 2.79 bits per heavy atom. The average Bonchev–Trinajstić information content (AvgIpc) is 3.16. The van der Waals surface area contributed by atoms with E-state index in [1.54, 1.807) is 6.92 Å². The molecule has 0 N–H and O–H groups in total. The van der Waals surface area contributed by atoms with Gasteiger partial charge in [0.15, 0.2) is 0 Å². The van der Waals surface area contributed by atoms with Gasteiger partial charge in [-0.3, -0.25) is 9.36 Å². The summed E-state index contributed by atoms with van der Waals surface area (Å²) in [5, 5.41) is 4.75. The Labute approximate surface area is 166 Å². The number of thiophene rings is 1. The van der Waals surface area contributed by atoms with Gasteiger partial charge >= 0.3 is 5.97 Å². The van der Waals surface area contributed by atoms with Crippen LogP contribution in [0.3, 0.4) is 0 Å². The zero-order valence-corrected chi connectivity index (χ0v) is 16.5. The molecule has 4 rings (SSSR count). The highest BCUT2D eigenvalue weighted by Gasteiger charge is 2.21. The number of aromatic nitrogens is 2. The zero-order valence-electron chi connectivity index (χ0n) is 15.7. The van der Waals surface area contributed by atoms with Crippen LogP contribution in [0.25, 0.3) is 32.1 Å². The molecule has 0 fully saturated rings. The van der Waals surface area contributed by atoms with E-state index in [1.165, 1.54) is 22.2 Å². The minimum atomic E-state index is -0.722. The summed E-state index contributed by atoms with van der Waals surface area (Å²) in [5.74, 6) is -0.424. The fraction of sp³-hybridized carbons (Fsp3) is 0.227. The number of rotatable bonds is 5. The molecule has 5 nitrogen and oxygen atoms in total. The monoisotopic (exact) mass is 392 g/mol. The third kappa shape index (κ3) is 3.20. The molecular weight excluding hydrogens is 372 g/mol. The first-order valence-corrected chi connectivity index (χ1v) is 10.1. The normalized spacial score (nSPS) is 12.4. The van der Waals surface area contributed by atoms with Gasteiger partial charge < -0.3 is 4.74 Å². The number of nitrogens with zero attached hydrogens (tertiary/aromatic N) is 2. The van der Waals surface area contributed by atoms with Crippen molar-refractivity contribution in [3.8, 4) is 11.1 Å². The number of hydrogen-bond donors (Lipinski definition) is 0. The number of hydrogen-bond acceptors (Lipinski definition) is 5. The van der Waals surface area contributed by atoms with Crippen molar-refractivity contribution in [2.45, 2.75) is 26.3 Å². The van der Waals surface area contributed by atoms with Crippen LogP contribution in [0.15, 0.2) is 59.0 Å². The highest BCUT2D eigenvalue weighted by Crippen LogP contribution is 2.32. The van der Waals surface area contributed by atoms with Crippen molar-refractivity contribution in [3.63, 3.8) is 0 Å². The lowest BCUT2D eigenvalue weighted by Gasteiger charge is -2.14. The van der Waals surface area contributed by atoms with Crippen molar-refractivity contribution >= 4 is 38.3 Å². The van der Waals surface area contributed by atoms with Gasteiger partial charge in [-0.1, -0.05) is 43.3 Å². The standard InChI is InChI=1S/C22H20N2O3S/c1-3-10-27-22(26)14(2)24-13-23-20-19(21(24)25)18(12-28-20)17-9-8-15-6-4-5-7-16(15)11-17/h4-9,11-14H,3,10H2,1-2H3. The number of carbonyl (C=O) groups excluding carboxylic acids is 1. The quantitative estimate of drug-likeness (QED) is 0.458. The summed E-state index contributed by atoms with van der Waals surface area (Å²) < 4.78 is 6.55. The van der Waals surface area contributed by atoms with Crippen LogP contribution in [-0.2, 0) is 9.53 Å². The Morgan fingerprint density at radius 2 is 2.00 bits per heavy atom. The SMILES string of the molecule is CCCOC(=O)C(C)n1cnc2scc(-c3ccc4ccccc4c3)c2c1=O. The molecular formula is C22H20N2O3S. The number of ether oxygens (including phenoxy) is 1. The van der Waals surface area contributed by atoms with Crippen LogP contribution < -0.4 is 5.56 Å². The first kappa shape index (κ1) is 18.4. The van der Waals surface area contributed by atoms with Crippen LogP contribution in [0.1, 0.15) is 26.3 Å². The molecule has 28 heavy (non-hydrogen) atoms. The van der Waals surface area contributed by atoms with E-state index in [-0.39, 0.29) is 5.56 Å². The molecule has 0 aliphatic rings. The highest BCUT2D eigenvalue weighted by molar-refractivity contribution is 7.17. The van der Waals surface area contributed by atoms with E-state index in [4.69, 9.17) is 4.74 Å². The number of esters is 1. The van der Waals surface area contributed by atoms with Gasteiger partial charge in [0.1, 0.15) is 10.9 Å². The summed E-state index contributed by atoms with van der Waals surface area (Å²) in [6, 6.07) is 13.5. The molecule has 0 aliphatic heterocycles. The lowest BCUT2D eigenvalue weighted by Crippen LogP contribution is -2.29. The molecule has 0 saturated heterocycles. The molecule has 2 heterocycles. The third-order valence-electron chi connectivity index (χ3n) is 4.79. The van der Waals surface area contributed by atoms with E-state index >= 15 is 0 Å². The Balaban J connectivity index is 1.82. The summed E-state index contributed by atoms with van der Waals surface area (Å²) in [6.45, 7) is 3.93. The molecule has 2 aromatic carbocycles. The van der Waals surface area contributed by atoms with E-state index in [2.05, 4.69) is 23.2 Å². The molecule has 1 atom stereocenters. The highest BCUT2D eigenvalue weighted by atomic mass is 32.1. The topological polar surface area (TPSA) is 61.2 Å². The van der Waals surface area contributed by atoms with Crippen LogP contribution >= 0.6 is 11.3 Å². The van der Waals surface area contributed by atoms with Gasteiger partial charge in [-0.25, -0.2) is 9.78 Å². The van der Waals surface area contributed by atoms with Crippen molar-refractivity contribution in [2.24, 2.45) is 0 Å². The van der Waals surface area contributed by atoms with E-state index in [0.717, 1.165) is 28.3 Å². The van der Waals surface area contributed by atoms with Crippen molar-refractivity contribution in [1.29, 1.82) is 0 Å². The minimum Gasteiger partial charge on any atom is -0.464 e. The number of carbonyl (C=O) groups is 1. The Morgan fingerprint density at radius 1 is 1.21 bits per heavy atom. The van der Waals surface area contributed by atoms with Crippen molar-refractivity contribution in [2.75, 3.05) is 6.61 Å².